The number of non-ortho nitro benzene ring substituents is 1. The van der Waals surface area contributed by atoms with Crippen LogP contribution in [0.25, 0.3) is 21.8 Å². The Morgan fingerprint density at radius 2 is 1.30 bits per heavy atom. The van der Waals surface area contributed by atoms with Crippen molar-refractivity contribution in [1.82, 2.24) is 9.97 Å². The number of anilines is 1. The molecule has 9 heteroatoms. The molecule has 6 rings (SSSR count). The van der Waals surface area contributed by atoms with Crippen LogP contribution in [0.3, 0.4) is 0 Å². The summed E-state index contributed by atoms with van der Waals surface area (Å²) in [5.74, 6) is 0. The minimum atomic E-state index is -0.826. The second-order valence-electron chi connectivity index (χ2n) is 8.44. The Bertz CT molecular complexity index is 1280. The van der Waals surface area contributed by atoms with Gasteiger partial charge in [-0.05, 0) is 86.8 Å². The molecule has 0 amide bonds. The predicted molar refractivity (Wildman–Crippen MR) is 138 cm³/mol. The fourth-order valence-corrected chi connectivity index (χ4v) is 4.93. The number of rotatable bonds is 1. The molecule has 0 unspecified atom stereocenters. The summed E-state index contributed by atoms with van der Waals surface area (Å²) in [6.07, 6.45) is 9.53. The van der Waals surface area contributed by atoms with E-state index in [-0.39, 0.29) is 10.6 Å². The molecule has 0 atom stereocenters. The van der Waals surface area contributed by atoms with Gasteiger partial charge in [0, 0.05) is 51.0 Å². The van der Waals surface area contributed by atoms with E-state index in [4.69, 9.17) is 23.6 Å². The Kier molecular flexibility index (Phi) is 8.09. The van der Waals surface area contributed by atoms with Crippen LogP contribution >= 0.6 is 17.8 Å². The number of fused-ring (bicyclic) bond motifs is 6. The van der Waals surface area contributed by atoms with Crippen LogP contribution in [0.15, 0.2) is 36.4 Å². The Hall–Kier alpha value is -1.90. The first-order chi connectivity index (χ1) is 16.0. The number of nitrogens with two attached hydrogens (primary N) is 1. The summed E-state index contributed by atoms with van der Waals surface area (Å²) < 4.78 is 0. The molecular formula is C24H26Cl2N4O2Sn. The van der Waals surface area contributed by atoms with Crippen LogP contribution in [-0.2, 0) is 25.7 Å². The number of benzene rings is 2. The van der Waals surface area contributed by atoms with E-state index in [9.17, 15) is 10.1 Å². The van der Waals surface area contributed by atoms with Gasteiger partial charge < -0.3 is 15.7 Å². The van der Waals surface area contributed by atoms with Crippen LogP contribution in [0.2, 0.25) is 0 Å². The number of halogens is 2. The number of aromatic nitrogens is 2. The monoisotopic (exact) mass is 592 g/mol. The fourth-order valence-electron chi connectivity index (χ4n) is 4.93. The minimum absolute atomic E-state index is 0.180. The molecule has 0 saturated heterocycles. The maximum absolute atomic E-state index is 10.7. The van der Waals surface area contributed by atoms with E-state index in [0.29, 0.717) is 0 Å². The zero-order chi connectivity index (χ0) is 23.4. The van der Waals surface area contributed by atoms with Gasteiger partial charge in [-0.15, -0.1) is 0 Å². The number of nitro benzene ring substituents is 1. The molecule has 0 fully saturated rings. The summed E-state index contributed by atoms with van der Waals surface area (Å²) in [7, 11) is 9.87. The quantitative estimate of drug-likeness (QED) is 0.101. The molecule has 0 saturated carbocycles. The van der Waals surface area contributed by atoms with E-state index >= 15 is 0 Å². The topological polar surface area (TPSA) is 101 Å². The van der Waals surface area contributed by atoms with Crippen LogP contribution < -0.4 is 5.73 Å². The van der Waals surface area contributed by atoms with E-state index in [0.717, 1.165) is 29.4 Å². The normalized spacial score (nSPS) is 14.5. The molecule has 2 aromatic carbocycles. The van der Waals surface area contributed by atoms with Gasteiger partial charge in [-0.2, -0.15) is 0 Å². The molecule has 2 aromatic heterocycles. The zero-order valence-electron chi connectivity index (χ0n) is 18.2. The third-order valence-electron chi connectivity index (χ3n) is 6.41. The average Bonchev–Trinajstić information content (AvgIpc) is 3.37. The van der Waals surface area contributed by atoms with Crippen LogP contribution in [-0.4, -0.2) is 33.8 Å². The van der Waals surface area contributed by atoms with Gasteiger partial charge in [-0.1, -0.05) is 0 Å². The van der Waals surface area contributed by atoms with Gasteiger partial charge in [0.05, 0.1) is 4.92 Å². The summed E-state index contributed by atoms with van der Waals surface area (Å²) in [5.41, 5.74) is 14.6. The Morgan fingerprint density at radius 1 is 0.818 bits per heavy atom. The van der Waals surface area contributed by atoms with Crippen molar-refractivity contribution in [2.45, 2.75) is 51.4 Å². The molecule has 0 spiro atoms. The molecule has 0 aliphatic heterocycles. The summed E-state index contributed by atoms with van der Waals surface area (Å²) in [6, 6.07) is 11.2. The second-order valence-corrected chi connectivity index (χ2v) is 12.7. The molecule has 2 heterocycles. The van der Waals surface area contributed by atoms with E-state index in [1.807, 2.05) is 12.1 Å². The SMILES string of the molecule is Nc1ccc2[nH]c3c(c2c1)CCCC3.O=[N+]([O-])c1ccc2[nH]c3c(c2c1)CCCC3.[Cl][Sn][Cl]. The standard InChI is InChI=1S/C12H12N2O2.C12H14N2.2ClH.Sn/c15-14(16)8-5-6-12-10(7-8)9-3-1-2-4-11(9)13-12;13-8-5-6-12-10(7-8)9-3-1-2-4-11(9)14-12;;;/h5-7,13H,1-4H2;5-7,14H,1-4,13H2;2*1H;/q;;;;+2/p-2. The maximum atomic E-state index is 10.7. The van der Waals surface area contributed by atoms with Crippen molar-refractivity contribution in [2.24, 2.45) is 0 Å². The van der Waals surface area contributed by atoms with Crippen molar-refractivity contribution in [2.75, 3.05) is 5.73 Å². The number of hydrogen-bond acceptors (Lipinski definition) is 3. The number of H-pyrrole nitrogens is 2. The fraction of sp³-hybridized carbons (Fsp3) is 0.333. The van der Waals surface area contributed by atoms with Crippen molar-refractivity contribution in [3.05, 3.63) is 69.0 Å². The number of aryl methyl sites for hydroxylation is 4. The Labute approximate surface area is 210 Å². The summed E-state index contributed by atoms with van der Waals surface area (Å²) in [5, 5.41) is 13.1. The molecule has 4 N–H and O–H groups in total. The molecule has 172 valence electrons. The molecule has 4 aromatic rings. The zero-order valence-corrected chi connectivity index (χ0v) is 22.6. The first kappa shape index (κ1) is 24.2. The number of nitrogens with one attached hydrogen (secondary N) is 2. The van der Waals surface area contributed by atoms with Gasteiger partial charge in [0.25, 0.3) is 5.69 Å². The molecule has 33 heavy (non-hydrogen) atoms. The van der Waals surface area contributed by atoms with Crippen LogP contribution in [0.5, 0.6) is 0 Å². The number of nitro groups is 1. The molecule has 2 radical (unpaired) electrons. The molecular weight excluding hydrogens is 566 g/mol. The second kappa shape index (κ2) is 11.0. The van der Waals surface area contributed by atoms with Crippen LogP contribution in [0.1, 0.15) is 48.2 Å². The van der Waals surface area contributed by atoms with Gasteiger partial charge in [-0.3, -0.25) is 10.1 Å². The number of aromatic amines is 2. The van der Waals surface area contributed by atoms with E-state index in [2.05, 4.69) is 22.1 Å². The number of nitrogen functional groups attached to an aromatic ring is 1. The van der Waals surface area contributed by atoms with Gasteiger partial charge in [0.15, 0.2) is 0 Å². The molecule has 6 nitrogen and oxygen atoms in total. The van der Waals surface area contributed by atoms with Gasteiger partial charge in [0.2, 0.25) is 0 Å². The first-order valence-electron chi connectivity index (χ1n) is 11.1. The average molecular weight is 592 g/mol. The van der Waals surface area contributed by atoms with Crippen LogP contribution in [0, 0.1) is 10.1 Å². The van der Waals surface area contributed by atoms with Crippen molar-refractivity contribution < 1.29 is 4.92 Å². The number of hydrogen-bond donors (Lipinski definition) is 3. The van der Waals surface area contributed by atoms with E-state index in [1.165, 1.54) is 71.9 Å². The third kappa shape index (κ3) is 5.44. The number of nitrogens with zero attached hydrogens (tertiary/aromatic N) is 1. The van der Waals surface area contributed by atoms with Gasteiger partial charge >= 0.3 is 36.7 Å². The summed E-state index contributed by atoms with van der Waals surface area (Å²) in [6.45, 7) is 0. The van der Waals surface area contributed by atoms with Crippen molar-refractivity contribution >= 4 is 69.9 Å². The Morgan fingerprint density at radius 3 is 1.85 bits per heavy atom. The van der Waals surface area contributed by atoms with Gasteiger partial charge in [0.1, 0.15) is 0 Å². The molecule has 0 bridgehead atoms. The first-order valence-corrected chi connectivity index (χ1v) is 18.4. The molecule has 2 aliphatic rings. The predicted octanol–water partition coefficient (Wildman–Crippen LogP) is 6.58. The van der Waals surface area contributed by atoms with Crippen molar-refractivity contribution in [3.63, 3.8) is 0 Å². The van der Waals surface area contributed by atoms with E-state index in [1.54, 1.807) is 12.1 Å². The third-order valence-corrected chi connectivity index (χ3v) is 6.41. The van der Waals surface area contributed by atoms with Crippen LogP contribution in [0.4, 0.5) is 11.4 Å². The summed E-state index contributed by atoms with van der Waals surface area (Å²) >= 11 is -0.826. The van der Waals surface area contributed by atoms with Crippen molar-refractivity contribution in [1.29, 1.82) is 0 Å². The van der Waals surface area contributed by atoms with E-state index < -0.39 is 18.9 Å². The summed E-state index contributed by atoms with van der Waals surface area (Å²) in [4.78, 5) is 17.2. The Balaban J connectivity index is 0.000000142. The molecule has 2 aliphatic carbocycles. The van der Waals surface area contributed by atoms with Crippen molar-refractivity contribution in [3.8, 4) is 0 Å². The van der Waals surface area contributed by atoms with Gasteiger partial charge in [-0.25, -0.2) is 0 Å².